The van der Waals surface area contributed by atoms with Gasteiger partial charge in [-0.3, -0.25) is 4.79 Å². The van der Waals surface area contributed by atoms with Crippen molar-refractivity contribution in [3.8, 4) is 0 Å². The molecule has 1 aromatic rings. The van der Waals surface area contributed by atoms with Crippen molar-refractivity contribution in [2.75, 3.05) is 0 Å². The lowest BCUT2D eigenvalue weighted by molar-refractivity contribution is -0.141. The minimum absolute atomic E-state index is 0.388. The van der Waals surface area contributed by atoms with Crippen LogP contribution in [0.3, 0.4) is 0 Å². The third kappa shape index (κ3) is 3.55. The van der Waals surface area contributed by atoms with Crippen molar-refractivity contribution in [3.05, 3.63) is 35.9 Å². The van der Waals surface area contributed by atoms with Gasteiger partial charge in [0.1, 0.15) is 0 Å². The lowest BCUT2D eigenvalue weighted by Gasteiger charge is -2.24. The summed E-state index contributed by atoms with van der Waals surface area (Å²) in [6.07, 6.45) is -1.33. The smallest absolute Gasteiger partial charge is 0.339 e. The summed E-state index contributed by atoms with van der Waals surface area (Å²) in [4.78, 5) is 19.1. The molecule has 0 amide bonds. The Balaban J connectivity index is 3.06. The summed E-state index contributed by atoms with van der Waals surface area (Å²) < 4.78 is 24.4. The van der Waals surface area contributed by atoms with E-state index in [9.17, 15) is 18.0 Å². The molecule has 0 unspecified atom stereocenters. The molecule has 0 spiro atoms. The molecule has 8 heteroatoms. The van der Waals surface area contributed by atoms with Gasteiger partial charge in [-0.05, 0) is 5.56 Å². The maximum Gasteiger partial charge on any atom is 0.339 e. The molecular formula is C12H15NO6S. The fourth-order valence-electron chi connectivity index (χ4n) is 1.61. The Morgan fingerprint density at radius 3 is 2.15 bits per heavy atom. The fraction of sp³-hybridized carbons (Fsp3) is 0.333. The molecule has 0 heterocycles. The van der Waals surface area contributed by atoms with Crippen molar-refractivity contribution in [1.82, 2.24) is 0 Å². The Hall–Kier alpha value is -1.93. The van der Waals surface area contributed by atoms with Crippen LogP contribution in [-0.2, 0) is 25.2 Å². The molecule has 0 fully saturated rings. The van der Waals surface area contributed by atoms with E-state index in [-0.39, 0.29) is 0 Å². The Bertz CT molecular complexity index is 598. The zero-order valence-corrected chi connectivity index (χ0v) is 11.3. The number of aliphatic carboxylic acids is 2. The number of hydrogen-bond donors (Lipinski definition) is 3. The first kappa shape index (κ1) is 16.1. The molecule has 0 aliphatic carbocycles. The quantitative estimate of drug-likeness (QED) is 0.655. The summed E-state index contributed by atoms with van der Waals surface area (Å²) in [5.41, 5.74) is 5.85. The summed E-state index contributed by atoms with van der Waals surface area (Å²) in [5.74, 6) is -3.62. The second-order valence-electron chi connectivity index (χ2n) is 4.33. The minimum atomic E-state index is -4.25. The second kappa shape index (κ2) is 6.02. The van der Waals surface area contributed by atoms with E-state index in [1.165, 1.54) is 12.1 Å². The summed E-state index contributed by atoms with van der Waals surface area (Å²) in [6.45, 7) is 0. The number of carboxylic acids is 2. The molecule has 0 aliphatic rings. The minimum Gasteiger partial charge on any atom is -0.481 e. The van der Waals surface area contributed by atoms with E-state index in [4.69, 9.17) is 15.9 Å². The van der Waals surface area contributed by atoms with Crippen LogP contribution in [0.25, 0.3) is 0 Å². The van der Waals surface area contributed by atoms with Crippen LogP contribution in [0.1, 0.15) is 18.4 Å². The molecule has 0 aliphatic heterocycles. The first-order valence-corrected chi connectivity index (χ1v) is 7.34. The molecule has 0 saturated carbocycles. The maximum atomic E-state index is 12.2. The van der Waals surface area contributed by atoms with Crippen molar-refractivity contribution < 1.29 is 28.2 Å². The highest BCUT2D eigenvalue weighted by Crippen LogP contribution is 2.23. The second-order valence-corrected chi connectivity index (χ2v) is 6.58. The monoisotopic (exact) mass is 301 g/mol. The Kier molecular flexibility index (Phi) is 4.85. The van der Waals surface area contributed by atoms with Gasteiger partial charge in [0.05, 0.1) is 5.75 Å². The molecule has 110 valence electrons. The van der Waals surface area contributed by atoms with Gasteiger partial charge in [-0.1, -0.05) is 30.3 Å². The summed E-state index contributed by atoms with van der Waals surface area (Å²) in [6, 6.07) is 7.96. The summed E-state index contributed by atoms with van der Waals surface area (Å²) in [7, 11) is -4.25. The first-order chi connectivity index (χ1) is 9.19. The fourth-order valence-corrected chi connectivity index (χ4v) is 3.18. The number of rotatable bonds is 7. The molecule has 0 bridgehead atoms. The van der Waals surface area contributed by atoms with Crippen molar-refractivity contribution in [2.45, 2.75) is 23.5 Å². The lowest BCUT2D eigenvalue weighted by Crippen LogP contribution is -2.55. The van der Waals surface area contributed by atoms with Crippen molar-refractivity contribution in [2.24, 2.45) is 5.73 Å². The van der Waals surface area contributed by atoms with Crippen LogP contribution in [0.15, 0.2) is 30.3 Å². The highest BCUT2D eigenvalue weighted by atomic mass is 32.2. The molecule has 1 atom stereocenters. The average Bonchev–Trinajstić information content (AvgIpc) is 2.36. The van der Waals surface area contributed by atoms with Gasteiger partial charge in [-0.25, -0.2) is 13.2 Å². The average molecular weight is 301 g/mol. The van der Waals surface area contributed by atoms with E-state index < -0.39 is 45.2 Å². The maximum absolute atomic E-state index is 12.2. The largest absolute Gasteiger partial charge is 0.481 e. The van der Waals surface area contributed by atoms with Crippen molar-refractivity contribution in [3.63, 3.8) is 0 Å². The topological polar surface area (TPSA) is 135 Å². The Morgan fingerprint density at radius 1 is 1.15 bits per heavy atom. The molecule has 1 aromatic carbocycles. The normalized spacial score (nSPS) is 14.4. The van der Waals surface area contributed by atoms with Crippen LogP contribution in [0.4, 0.5) is 0 Å². The third-order valence-electron chi connectivity index (χ3n) is 2.83. The predicted molar refractivity (Wildman–Crippen MR) is 70.5 cm³/mol. The molecule has 0 saturated heterocycles. The van der Waals surface area contributed by atoms with Gasteiger partial charge in [0.2, 0.25) is 4.87 Å². The standard InChI is InChI=1S/C12H15NO6S/c13-12(11(16)17,7-6-10(14)15)20(18,19)8-9-4-2-1-3-5-9/h1-5H,6-8,13H2,(H,14,15)(H,16,17)/t12-/m1/s1. The van der Waals surface area contributed by atoms with E-state index in [2.05, 4.69) is 0 Å². The number of hydrogen-bond acceptors (Lipinski definition) is 5. The van der Waals surface area contributed by atoms with Crippen LogP contribution < -0.4 is 5.73 Å². The third-order valence-corrected chi connectivity index (χ3v) is 5.03. The molecule has 0 radical (unpaired) electrons. The molecule has 7 nitrogen and oxygen atoms in total. The highest BCUT2D eigenvalue weighted by Gasteiger charge is 2.47. The summed E-state index contributed by atoms with van der Waals surface area (Å²) >= 11 is 0. The van der Waals surface area contributed by atoms with Gasteiger partial charge in [-0.2, -0.15) is 0 Å². The number of benzene rings is 1. The van der Waals surface area contributed by atoms with Crippen LogP contribution in [0.5, 0.6) is 0 Å². The van der Waals surface area contributed by atoms with Gasteiger partial charge in [0, 0.05) is 12.8 Å². The van der Waals surface area contributed by atoms with Gasteiger partial charge in [0.15, 0.2) is 9.84 Å². The van der Waals surface area contributed by atoms with E-state index >= 15 is 0 Å². The SMILES string of the molecule is N[C@@](CCC(=O)O)(C(=O)O)S(=O)(=O)Cc1ccccc1. The number of carbonyl (C=O) groups is 2. The van der Waals surface area contributed by atoms with Gasteiger partial charge in [0.25, 0.3) is 0 Å². The Morgan fingerprint density at radius 2 is 1.70 bits per heavy atom. The van der Waals surface area contributed by atoms with Gasteiger partial charge in [-0.15, -0.1) is 0 Å². The highest BCUT2D eigenvalue weighted by molar-refractivity contribution is 7.92. The van der Waals surface area contributed by atoms with Crippen LogP contribution >= 0.6 is 0 Å². The lowest BCUT2D eigenvalue weighted by atomic mass is 10.1. The number of sulfone groups is 1. The molecule has 1 rings (SSSR count). The number of nitrogens with two attached hydrogens (primary N) is 1. The van der Waals surface area contributed by atoms with Gasteiger partial charge < -0.3 is 15.9 Å². The van der Waals surface area contributed by atoms with Crippen LogP contribution in [0.2, 0.25) is 0 Å². The summed E-state index contributed by atoms with van der Waals surface area (Å²) in [5, 5.41) is 17.6. The molecule has 20 heavy (non-hydrogen) atoms. The van der Waals surface area contributed by atoms with E-state index in [1.54, 1.807) is 18.2 Å². The van der Waals surface area contributed by atoms with E-state index in [0.717, 1.165) is 0 Å². The molecule has 4 N–H and O–H groups in total. The molecular weight excluding hydrogens is 286 g/mol. The molecule has 0 aromatic heterocycles. The van der Waals surface area contributed by atoms with E-state index in [0.29, 0.717) is 5.56 Å². The van der Waals surface area contributed by atoms with Crippen LogP contribution in [0, 0.1) is 0 Å². The van der Waals surface area contributed by atoms with Crippen LogP contribution in [-0.4, -0.2) is 35.4 Å². The van der Waals surface area contributed by atoms with Crippen molar-refractivity contribution in [1.29, 1.82) is 0 Å². The zero-order valence-electron chi connectivity index (χ0n) is 10.5. The zero-order chi connectivity index (χ0) is 15.4. The van der Waals surface area contributed by atoms with Gasteiger partial charge >= 0.3 is 11.9 Å². The predicted octanol–water partition coefficient (Wildman–Crippen LogP) is 0.206. The van der Waals surface area contributed by atoms with Crippen molar-refractivity contribution >= 4 is 21.8 Å². The number of carboxylic acid groups (broad SMARTS) is 2. The van der Waals surface area contributed by atoms with E-state index in [1.807, 2.05) is 0 Å². The Labute approximate surface area is 115 Å². The first-order valence-electron chi connectivity index (χ1n) is 5.69.